The fourth-order valence-electron chi connectivity index (χ4n) is 1.31. The molecule has 84 valence electrons. The standard InChI is InChI=1S/C11H13N3OS/c1-11(15,9-3-6-16-7-9)8-14-10-12-4-2-5-13-10/h2-7,15H,8H2,1H3,(H,12,13,14). The molecule has 0 aromatic carbocycles. The SMILES string of the molecule is CC(O)(CNc1ncccn1)c1ccsc1. The molecule has 16 heavy (non-hydrogen) atoms. The summed E-state index contributed by atoms with van der Waals surface area (Å²) >= 11 is 1.57. The molecule has 0 saturated carbocycles. The predicted octanol–water partition coefficient (Wildman–Crippen LogP) is 1.86. The Balaban J connectivity index is 2.00. The van der Waals surface area contributed by atoms with Crippen LogP contribution in [0.1, 0.15) is 12.5 Å². The van der Waals surface area contributed by atoms with Crippen molar-refractivity contribution in [2.75, 3.05) is 11.9 Å². The van der Waals surface area contributed by atoms with Gasteiger partial charge in [-0.3, -0.25) is 0 Å². The molecule has 4 nitrogen and oxygen atoms in total. The van der Waals surface area contributed by atoms with E-state index in [0.717, 1.165) is 5.56 Å². The molecule has 2 N–H and O–H groups in total. The molecule has 0 aliphatic rings. The van der Waals surface area contributed by atoms with Crippen molar-refractivity contribution in [3.8, 4) is 0 Å². The normalized spacial score (nSPS) is 14.4. The van der Waals surface area contributed by atoms with Crippen molar-refractivity contribution in [3.63, 3.8) is 0 Å². The second kappa shape index (κ2) is 4.59. The van der Waals surface area contributed by atoms with Gasteiger partial charge in [0.2, 0.25) is 5.95 Å². The quantitative estimate of drug-likeness (QED) is 0.849. The third kappa shape index (κ3) is 2.56. The molecule has 0 fully saturated rings. The van der Waals surface area contributed by atoms with Gasteiger partial charge in [-0.2, -0.15) is 11.3 Å². The van der Waals surface area contributed by atoms with Crippen LogP contribution in [-0.4, -0.2) is 21.6 Å². The highest BCUT2D eigenvalue weighted by atomic mass is 32.1. The zero-order valence-corrected chi connectivity index (χ0v) is 9.74. The smallest absolute Gasteiger partial charge is 0.222 e. The molecule has 2 heterocycles. The van der Waals surface area contributed by atoms with Crippen molar-refractivity contribution >= 4 is 17.3 Å². The van der Waals surface area contributed by atoms with Crippen LogP contribution in [0.4, 0.5) is 5.95 Å². The van der Waals surface area contributed by atoms with E-state index in [1.165, 1.54) is 0 Å². The van der Waals surface area contributed by atoms with Gasteiger partial charge >= 0.3 is 0 Å². The van der Waals surface area contributed by atoms with Crippen LogP contribution in [0.5, 0.6) is 0 Å². The number of nitrogens with zero attached hydrogens (tertiary/aromatic N) is 2. The van der Waals surface area contributed by atoms with Crippen molar-refractivity contribution in [2.24, 2.45) is 0 Å². The molecule has 1 unspecified atom stereocenters. The predicted molar refractivity (Wildman–Crippen MR) is 64.4 cm³/mol. The summed E-state index contributed by atoms with van der Waals surface area (Å²) in [6.45, 7) is 2.15. The van der Waals surface area contributed by atoms with Crippen molar-refractivity contribution in [3.05, 3.63) is 40.8 Å². The Morgan fingerprint density at radius 3 is 2.81 bits per heavy atom. The summed E-state index contributed by atoms with van der Waals surface area (Å²) in [6.07, 6.45) is 3.32. The maximum atomic E-state index is 10.2. The second-order valence-corrected chi connectivity index (χ2v) is 4.49. The first kappa shape index (κ1) is 11.0. The zero-order chi connectivity index (χ0) is 11.4. The van der Waals surface area contributed by atoms with Crippen molar-refractivity contribution < 1.29 is 5.11 Å². The van der Waals surface area contributed by atoms with E-state index in [0.29, 0.717) is 12.5 Å². The van der Waals surface area contributed by atoms with Gasteiger partial charge in [0.05, 0.1) is 6.54 Å². The topological polar surface area (TPSA) is 58.0 Å². The average Bonchev–Trinajstić information content (AvgIpc) is 2.82. The van der Waals surface area contributed by atoms with Crippen LogP contribution in [0, 0.1) is 0 Å². The Morgan fingerprint density at radius 1 is 1.44 bits per heavy atom. The number of thiophene rings is 1. The Kier molecular flexibility index (Phi) is 3.17. The highest BCUT2D eigenvalue weighted by Gasteiger charge is 2.23. The van der Waals surface area contributed by atoms with Gasteiger partial charge in [-0.15, -0.1) is 0 Å². The fraction of sp³-hybridized carbons (Fsp3) is 0.273. The minimum absolute atomic E-state index is 0.383. The van der Waals surface area contributed by atoms with Gasteiger partial charge in [-0.1, -0.05) is 0 Å². The molecule has 0 bridgehead atoms. The van der Waals surface area contributed by atoms with Crippen LogP contribution in [0.25, 0.3) is 0 Å². The average molecular weight is 235 g/mol. The number of hydrogen-bond acceptors (Lipinski definition) is 5. The van der Waals surface area contributed by atoms with E-state index < -0.39 is 5.60 Å². The minimum Gasteiger partial charge on any atom is -0.384 e. The Morgan fingerprint density at radius 2 is 2.19 bits per heavy atom. The first-order valence-electron chi connectivity index (χ1n) is 4.94. The summed E-state index contributed by atoms with van der Waals surface area (Å²) in [5, 5.41) is 17.1. The highest BCUT2D eigenvalue weighted by molar-refractivity contribution is 7.08. The van der Waals surface area contributed by atoms with E-state index in [4.69, 9.17) is 0 Å². The second-order valence-electron chi connectivity index (χ2n) is 3.71. The Labute approximate surface area is 98.0 Å². The van der Waals surface area contributed by atoms with Crippen LogP contribution in [-0.2, 0) is 5.60 Å². The summed E-state index contributed by atoms with van der Waals surface area (Å²) in [4.78, 5) is 8.06. The van der Waals surface area contributed by atoms with Gasteiger partial charge in [-0.05, 0) is 35.4 Å². The first-order chi connectivity index (χ1) is 7.68. The Hall–Kier alpha value is -1.46. The fourth-order valence-corrected chi connectivity index (χ4v) is 2.10. The van der Waals surface area contributed by atoms with E-state index in [9.17, 15) is 5.11 Å². The molecule has 1 atom stereocenters. The summed E-state index contributed by atoms with van der Waals surface area (Å²) in [5.74, 6) is 0.526. The summed E-state index contributed by atoms with van der Waals surface area (Å²) < 4.78 is 0. The third-order valence-corrected chi connectivity index (χ3v) is 2.98. The lowest BCUT2D eigenvalue weighted by atomic mass is 9.99. The Bertz CT molecular complexity index is 428. The van der Waals surface area contributed by atoms with E-state index >= 15 is 0 Å². The largest absolute Gasteiger partial charge is 0.384 e. The molecule has 5 heteroatoms. The number of aromatic nitrogens is 2. The molecule has 0 aliphatic carbocycles. The molecule has 0 amide bonds. The first-order valence-corrected chi connectivity index (χ1v) is 5.89. The maximum Gasteiger partial charge on any atom is 0.222 e. The van der Waals surface area contributed by atoms with Crippen LogP contribution in [0.3, 0.4) is 0 Å². The zero-order valence-electron chi connectivity index (χ0n) is 8.92. The van der Waals surface area contributed by atoms with Gasteiger partial charge < -0.3 is 10.4 Å². The molecule has 2 aromatic rings. The van der Waals surface area contributed by atoms with E-state index in [2.05, 4.69) is 15.3 Å². The monoisotopic (exact) mass is 235 g/mol. The van der Waals surface area contributed by atoms with Gasteiger partial charge in [-0.25, -0.2) is 9.97 Å². The van der Waals surface area contributed by atoms with E-state index in [-0.39, 0.29) is 0 Å². The number of nitrogens with one attached hydrogen (secondary N) is 1. The maximum absolute atomic E-state index is 10.2. The summed E-state index contributed by atoms with van der Waals surface area (Å²) in [7, 11) is 0. The number of anilines is 1. The van der Waals surface area contributed by atoms with Gasteiger partial charge in [0.25, 0.3) is 0 Å². The molecule has 0 saturated heterocycles. The van der Waals surface area contributed by atoms with Crippen molar-refractivity contribution in [1.29, 1.82) is 0 Å². The molecule has 0 aliphatic heterocycles. The van der Waals surface area contributed by atoms with Crippen LogP contribution < -0.4 is 5.32 Å². The van der Waals surface area contributed by atoms with E-state index in [1.807, 2.05) is 16.8 Å². The number of hydrogen-bond donors (Lipinski definition) is 2. The van der Waals surface area contributed by atoms with Gasteiger partial charge in [0.15, 0.2) is 0 Å². The van der Waals surface area contributed by atoms with Gasteiger partial charge in [0, 0.05) is 12.4 Å². The molecule has 0 spiro atoms. The lowest BCUT2D eigenvalue weighted by Crippen LogP contribution is -2.30. The molecular weight excluding hydrogens is 222 g/mol. The highest BCUT2D eigenvalue weighted by Crippen LogP contribution is 2.22. The molecule has 2 rings (SSSR count). The minimum atomic E-state index is -0.904. The van der Waals surface area contributed by atoms with Crippen LogP contribution >= 0.6 is 11.3 Å². The van der Waals surface area contributed by atoms with Crippen molar-refractivity contribution in [2.45, 2.75) is 12.5 Å². The third-order valence-electron chi connectivity index (χ3n) is 2.30. The van der Waals surface area contributed by atoms with Crippen LogP contribution in [0.15, 0.2) is 35.3 Å². The van der Waals surface area contributed by atoms with Crippen LogP contribution in [0.2, 0.25) is 0 Å². The summed E-state index contributed by atoms with van der Waals surface area (Å²) in [6, 6.07) is 3.67. The molecule has 0 radical (unpaired) electrons. The lowest BCUT2D eigenvalue weighted by Gasteiger charge is -2.22. The van der Waals surface area contributed by atoms with Crippen molar-refractivity contribution in [1.82, 2.24) is 9.97 Å². The molecule has 2 aromatic heterocycles. The summed E-state index contributed by atoms with van der Waals surface area (Å²) in [5.41, 5.74) is 0.0000699. The molecular formula is C11H13N3OS. The van der Waals surface area contributed by atoms with E-state index in [1.54, 1.807) is 36.7 Å². The number of rotatable bonds is 4. The van der Waals surface area contributed by atoms with Gasteiger partial charge in [0.1, 0.15) is 5.60 Å². The lowest BCUT2D eigenvalue weighted by molar-refractivity contribution is 0.0718. The number of aliphatic hydroxyl groups is 1.